The zero-order chi connectivity index (χ0) is 16.8. The molecule has 5 nitrogen and oxygen atoms in total. The molecular weight excluding hydrogens is 314 g/mol. The van der Waals surface area contributed by atoms with Crippen LogP contribution in [0.1, 0.15) is 23.8 Å². The van der Waals surface area contributed by atoms with Gasteiger partial charge in [0.1, 0.15) is 11.4 Å². The first-order chi connectivity index (χ1) is 11.1. The Labute approximate surface area is 140 Å². The number of rotatable bonds is 6. The number of benzene rings is 1. The second kappa shape index (κ2) is 7.70. The van der Waals surface area contributed by atoms with Crippen LogP contribution >= 0.6 is 11.6 Å². The normalized spacial score (nSPS) is 10.2. The zero-order valence-corrected chi connectivity index (χ0v) is 13.9. The van der Waals surface area contributed by atoms with Gasteiger partial charge in [0.15, 0.2) is 0 Å². The van der Waals surface area contributed by atoms with Crippen molar-refractivity contribution < 1.29 is 9.53 Å². The quantitative estimate of drug-likeness (QED) is 0.812. The fourth-order valence-electron chi connectivity index (χ4n) is 2.27. The van der Waals surface area contributed by atoms with Crippen molar-refractivity contribution in [2.45, 2.75) is 13.3 Å². The number of amides is 1. The minimum absolute atomic E-state index is 0.196. The van der Waals surface area contributed by atoms with Gasteiger partial charge in [0.25, 0.3) is 5.91 Å². The molecule has 1 amide bonds. The number of carbonyl (C=O) groups excluding carboxylic acids is 1. The van der Waals surface area contributed by atoms with Crippen LogP contribution in [-0.2, 0) is 7.05 Å². The molecule has 6 heteroatoms. The maximum absolute atomic E-state index is 12.8. The third kappa shape index (κ3) is 4.05. The summed E-state index contributed by atoms with van der Waals surface area (Å²) in [5.41, 5.74) is 1.19. The van der Waals surface area contributed by atoms with E-state index in [1.54, 1.807) is 28.8 Å². The Morgan fingerprint density at radius 2 is 2.09 bits per heavy atom. The number of aromatic nitrogens is 1. The topological polar surface area (TPSA) is 58.3 Å². The van der Waals surface area contributed by atoms with E-state index in [0.717, 1.165) is 5.75 Å². The number of nitrogens with zero attached hydrogens (tertiary/aromatic N) is 3. The largest absolute Gasteiger partial charge is 0.494 e. The number of anilines is 1. The molecule has 1 aromatic heterocycles. The predicted octanol–water partition coefficient (Wildman–Crippen LogP) is 3.64. The predicted molar refractivity (Wildman–Crippen MR) is 89.9 cm³/mol. The van der Waals surface area contributed by atoms with Gasteiger partial charge in [0.05, 0.1) is 24.1 Å². The van der Waals surface area contributed by atoms with Gasteiger partial charge in [-0.3, -0.25) is 4.79 Å². The van der Waals surface area contributed by atoms with E-state index < -0.39 is 0 Å². The number of ether oxygens (including phenoxy) is 1. The highest BCUT2D eigenvalue weighted by Gasteiger charge is 2.20. The van der Waals surface area contributed by atoms with E-state index in [1.165, 1.54) is 0 Å². The summed E-state index contributed by atoms with van der Waals surface area (Å²) in [5.74, 6) is 0.546. The lowest BCUT2D eigenvalue weighted by molar-refractivity contribution is 0.0979. The van der Waals surface area contributed by atoms with E-state index >= 15 is 0 Å². The number of halogens is 1. The number of carbonyl (C=O) groups is 1. The Bertz CT molecular complexity index is 716. The van der Waals surface area contributed by atoms with Crippen molar-refractivity contribution in [2.24, 2.45) is 7.05 Å². The van der Waals surface area contributed by atoms with Crippen molar-refractivity contribution in [1.82, 2.24) is 4.57 Å². The molecule has 0 saturated carbocycles. The van der Waals surface area contributed by atoms with Gasteiger partial charge in [0.2, 0.25) is 0 Å². The van der Waals surface area contributed by atoms with Crippen molar-refractivity contribution in [3.05, 3.63) is 47.2 Å². The molecule has 120 valence electrons. The van der Waals surface area contributed by atoms with Gasteiger partial charge in [0, 0.05) is 25.5 Å². The Morgan fingerprint density at radius 3 is 2.61 bits per heavy atom. The average molecular weight is 332 g/mol. The van der Waals surface area contributed by atoms with Gasteiger partial charge in [-0.2, -0.15) is 5.26 Å². The molecule has 1 aromatic carbocycles. The molecule has 0 fully saturated rings. The van der Waals surface area contributed by atoms with Gasteiger partial charge < -0.3 is 14.2 Å². The molecule has 0 unspecified atom stereocenters. The van der Waals surface area contributed by atoms with Gasteiger partial charge in [-0.1, -0.05) is 11.6 Å². The lowest BCUT2D eigenvalue weighted by atomic mass is 10.2. The van der Waals surface area contributed by atoms with Gasteiger partial charge >= 0.3 is 0 Å². The molecule has 0 atom stereocenters. The summed E-state index contributed by atoms with van der Waals surface area (Å²) in [4.78, 5) is 14.4. The highest BCUT2D eigenvalue weighted by molar-refractivity contribution is 6.31. The fourth-order valence-corrected chi connectivity index (χ4v) is 2.52. The Balaban J connectivity index is 2.31. The van der Waals surface area contributed by atoms with E-state index in [0.29, 0.717) is 29.6 Å². The van der Waals surface area contributed by atoms with E-state index in [1.807, 2.05) is 31.2 Å². The summed E-state index contributed by atoms with van der Waals surface area (Å²) in [7, 11) is 1.76. The molecule has 2 aromatic rings. The monoisotopic (exact) mass is 331 g/mol. The van der Waals surface area contributed by atoms with Crippen LogP contribution in [0.5, 0.6) is 5.75 Å². The summed E-state index contributed by atoms with van der Waals surface area (Å²) in [5, 5.41) is 9.36. The zero-order valence-electron chi connectivity index (χ0n) is 13.1. The second-order valence-electron chi connectivity index (χ2n) is 4.95. The summed E-state index contributed by atoms with van der Waals surface area (Å²) >= 11 is 5.96. The molecule has 1 heterocycles. The third-order valence-corrected chi connectivity index (χ3v) is 3.55. The molecule has 0 aliphatic heterocycles. The Hall–Kier alpha value is -2.45. The molecule has 0 radical (unpaired) electrons. The third-order valence-electron chi connectivity index (χ3n) is 3.34. The molecule has 23 heavy (non-hydrogen) atoms. The maximum Gasteiger partial charge on any atom is 0.274 e. The molecule has 0 N–H and O–H groups in total. The van der Waals surface area contributed by atoms with E-state index in [2.05, 4.69) is 6.07 Å². The van der Waals surface area contributed by atoms with Crippen LogP contribution in [0.25, 0.3) is 0 Å². The standard InChI is InChI=1S/C17H18ClN3O2/c1-3-23-15-7-5-14(6-8-15)21(10-4-9-19)17(22)16-11-13(18)12-20(16)2/h5-8,11-12H,3-4,10H2,1-2H3. The number of aryl methyl sites for hydroxylation is 1. The van der Waals surface area contributed by atoms with E-state index in [9.17, 15) is 4.79 Å². The van der Waals surface area contributed by atoms with Crippen LogP contribution in [0, 0.1) is 11.3 Å². The molecule has 0 aliphatic rings. The number of nitriles is 1. The van der Waals surface area contributed by atoms with Crippen LogP contribution < -0.4 is 9.64 Å². The fraction of sp³-hybridized carbons (Fsp3) is 0.294. The van der Waals surface area contributed by atoms with Gasteiger partial charge in [-0.05, 0) is 37.3 Å². The van der Waals surface area contributed by atoms with Crippen LogP contribution in [0.3, 0.4) is 0 Å². The molecule has 2 rings (SSSR count). The van der Waals surface area contributed by atoms with Crippen LogP contribution in [0.4, 0.5) is 5.69 Å². The minimum atomic E-state index is -0.196. The van der Waals surface area contributed by atoms with Gasteiger partial charge in [-0.15, -0.1) is 0 Å². The lowest BCUT2D eigenvalue weighted by Gasteiger charge is -2.22. The highest BCUT2D eigenvalue weighted by Crippen LogP contribution is 2.23. The number of hydrogen-bond donors (Lipinski definition) is 0. The van der Waals surface area contributed by atoms with Crippen molar-refractivity contribution in [1.29, 1.82) is 5.26 Å². The smallest absolute Gasteiger partial charge is 0.274 e. The van der Waals surface area contributed by atoms with E-state index in [-0.39, 0.29) is 12.3 Å². The van der Waals surface area contributed by atoms with Crippen molar-refractivity contribution in [3.8, 4) is 11.8 Å². The average Bonchev–Trinajstić information content (AvgIpc) is 2.88. The molecule has 0 bridgehead atoms. The maximum atomic E-state index is 12.8. The first-order valence-corrected chi connectivity index (χ1v) is 7.68. The van der Waals surface area contributed by atoms with Crippen LogP contribution in [0.15, 0.2) is 36.5 Å². The second-order valence-corrected chi connectivity index (χ2v) is 5.38. The van der Waals surface area contributed by atoms with Crippen LogP contribution in [0.2, 0.25) is 5.02 Å². The lowest BCUT2D eigenvalue weighted by Crippen LogP contribution is -2.33. The molecule has 0 spiro atoms. The minimum Gasteiger partial charge on any atom is -0.494 e. The SMILES string of the molecule is CCOc1ccc(N(CCC#N)C(=O)c2cc(Cl)cn2C)cc1. The summed E-state index contributed by atoms with van der Waals surface area (Å²) in [6.07, 6.45) is 1.92. The number of hydrogen-bond acceptors (Lipinski definition) is 3. The highest BCUT2D eigenvalue weighted by atomic mass is 35.5. The van der Waals surface area contributed by atoms with Gasteiger partial charge in [-0.25, -0.2) is 0 Å². The molecule has 0 aliphatic carbocycles. The van der Waals surface area contributed by atoms with E-state index in [4.69, 9.17) is 21.6 Å². The first kappa shape index (κ1) is 16.9. The van der Waals surface area contributed by atoms with Crippen LogP contribution in [-0.4, -0.2) is 23.6 Å². The Kier molecular flexibility index (Phi) is 5.67. The summed E-state index contributed by atoms with van der Waals surface area (Å²) < 4.78 is 7.09. The summed E-state index contributed by atoms with van der Waals surface area (Å²) in [6.45, 7) is 2.81. The Morgan fingerprint density at radius 1 is 1.39 bits per heavy atom. The first-order valence-electron chi connectivity index (χ1n) is 7.30. The molecule has 0 saturated heterocycles. The van der Waals surface area contributed by atoms with Crippen molar-refractivity contribution >= 4 is 23.2 Å². The van der Waals surface area contributed by atoms with Crippen molar-refractivity contribution in [2.75, 3.05) is 18.1 Å². The molecular formula is C17H18ClN3O2. The summed E-state index contributed by atoms with van der Waals surface area (Å²) in [6, 6.07) is 10.9. The van der Waals surface area contributed by atoms with Crippen molar-refractivity contribution in [3.63, 3.8) is 0 Å².